The number of H-pyrrole nitrogens is 1. The Kier molecular flexibility index (Phi) is 2.72. The van der Waals surface area contributed by atoms with Crippen molar-refractivity contribution in [2.75, 3.05) is 7.05 Å². The van der Waals surface area contributed by atoms with Gasteiger partial charge in [0, 0.05) is 7.05 Å². The molecule has 1 amide bonds. The zero-order chi connectivity index (χ0) is 13.6. The fourth-order valence-corrected chi connectivity index (χ4v) is 3.34. The topological polar surface area (TPSA) is 66.4 Å². The number of hydrogen-bond donors (Lipinski definition) is 2. The van der Waals surface area contributed by atoms with E-state index < -0.39 is 0 Å². The molecule has 1 aromatic carbocycles. The van der Waals surface area contributed by atoms with Gasteiger partial charge >= 0.3 is 0 Å². The van der Waals surface area contributed by atoms with Crippen LogP contribution in [-0.2, 0) is 0 Å². The van der Waals surface area contributed by atoms with Gasteiger partial charge in [-0.3, -0.25) is 14.0 Å². The predicted molar refractivity (Wildman–Crippen MR) is 77.6 cm³/mol. The number of carbonyl (C=O) groups excluding carboxylic acids is 1. The Morgan fingerprint density at radius 2 is 2.16 bits per heavy atom. The quantitative estimate of drug-likeness (QED) is 0.673. The smallest absolute Gasteiger partial charge is 0.264 e. The molecule has 2 heterocycles. The summed E-state index contributed by atoms with van der Waals surface area (Å²) in [5.74, 6) is -0.260. The maximum Gasteiger partial charge on any atom is 0.264 e. The summed E-state index contributed by atoms with van der Waals surface area (Å²) >= 11 is 6.47. The van der Waals surface area contributed by atoms with E-state index in [-0.39, 0.29) is 11.5 Å². The lowest BCUT2D eigenvalue weighted by molar-refractivity contribution is 0.0968. The van der Waals surface area contributed by atoms with Crippen molar-refractivity contribution in [2.45, 2.75) is 0 Å². The summed E-state index contributed by atoms with van der Waals surface area (Å²) in [6.45, 7) is 0. The molecule has 3 aromatic rings. The number of carbonyl (C=O) groups is 1. The minimum atomic E-state index is -0.260. The van der Waals surface area contributed by atoms with Crippen LogP contribution in [0.4, 0.5) is 0 Å². The third-order valence-corrected chi connectivity index (χ3v) is 4.24. The van der Waals surface area contributed by atoms with Gasteiger partial charge in [0.2, 0.25) is 0 Å². The molecule has 0 fully saturated rings. The number of fused-ring (bicyclic) bond motifs is 3. The number of hydrogen-bond acceptors (Lipinski definition) is 4. The highest BCUT2D eigenvalue weighted by Crippen LogP contribution is 2.22. The molecule has 0 aliphatic rings. The van der Waals surface area contributed by atoms with Crippen LogP contribution in [0.15, 0.2) is 29.1 Å². The molecule has 0 aliphatic carbocycles. The lowest BCUT2D eigenvalue weighted by Gasteiger charge is -2.02. The molecule has 0 aliphatic heterocycles. The van der Waals surface area contributed by atoms with E-state index >= 15 is 0 Å². The minimum absolute atomic E-state index is 0.228. The molecule has 0 radical (unpaired) electrons. The fraction of sp³-hybridized carbons (Fsp3) is 0.0833. The largest absolute Gasteiger partial charge is 0.354 e. The summed E-state index contributed by atoms with van der Waals surface area (Å²) in [6.07, 6.45) is 0. The Bertz CT molecular complexity index is 920. The molecule has 0 saturated heterocycles. The highest BCUT2D eigenvalue weighted by molar-refractivity contribution is 7.73. The van der Waals surface area contributed by atoms with Crippen LogP contribution in [-0.4, -0.2) is 22.3 Å². The normalized spacial score (nSPS) is 11.0. The average Bonchev–Trinajstić information content (AvgIpc) is 2.75. The molecule has 2 N–H and O–H groups in total. The number of thiazole rings is 1. The molecule has 19 heavy (non-hydrogen) atoms. The Labute approximate surface area is 116 Å². The van der Waals surface area contributed by atoms with Crippen molar-refractivity contribution < 1.29 is 4.79 Å². The summed E-state index contributed by atoms with van der Waals surface area (Å²) in [5, 5.41) is 3.09. The lowest BCUT2D eigenvalue weighted by Crippen LogP contribution is -2.18. The third kappa shape index (κ3) is 1.70. The van der Waals surface area contributed by atoms with E-state index in [9.17, 15) is 9.59 Å². The second kappa shape index (κ2) is 4.29. The molecule has 0 spiro atoms. The molecular weight excluding hydrogens is 282 g/mol. The minimum Gasteiger partial charge on any atom is -0.354 e. The van der Waals surface area contributed by atoms with E-state index in [2.05, 4.69) is 10.3 Å². The van der Waals surface area contributed by atoms with Crippen LogP contribution >= 0.6 is 23.6 Å². The Hall–Kier alpha value is -1.99. The molecule has 0 atom stereocenters. The Morgan fingerprint density at radius 3 is 2.89 bits per heavy atom. The first-order chi connectivity index (χ1) is 9.13. The van der Waals surface area contributed by atoms with Crippen LogP contribution in [0.1, 0.15) is 9.67 Å². The second-order valence-corrected chi connectivity index (χ2v) is 5.58. The molecule has 5 nitrogen and oxygen atoms in total. The van der Waals surface area contributed by atoms with Crippen molar-refractivity contribution in [1.82, 2.24) is 14.7 Å². The number of benzene rings is 1. The number of amides is 1. The van der Waals surface area contributed by atoms with Gasteiger partial charge in [0.25, 0.3) is 11.5 Å². The monoisotopic (exact) mass is 291 g/mol. The summed E-state index contributed by atoms with van der Waals surface area (Å²) < 4.78 is 2.25. The van der Waals surface area contributed by atoms with Crippen LogP contribution in [0.3, 0.4) is 0 Å². The van der Waals surface area contributed by atoms with Crippen molar-refractivity contribution in [2.24, 2.45) is 0 Å². The third-order valence-electron chi connectivity index (χ3n) is 2.87. The molecule has 3 rings (SSSR count). The van der Waals surface area contributed by atoms with Crippen molar-refractivity contribution >= 4 is 46.0 Å². The van der Waals surface area contributed by atoms with Gasteiger partial charge in [-0.05, 0) is 24.4 Å². The van der Waals surface area contributed by atoms with E-state index in [1.807, 2.05) is 12.1 Å². The summed E-state index contributed by atoms with van der Waals surface area (Å²) in [6, 6.07) is 7.17. The first-order valence-corrected chi connectivity index (χ1v) is 6.74. The number of nitrogens with zero attached hydrogens (tertiary/aromatic N) is 1. The first-order valence-electron chi connectivity index (χ1n) is 5.52. The van der Waals surface area contributed by atoms with E-state index in [4.69, 9.17) is 12.2 Å². The maximum atomic E-state index is 12.0. The van der Waals surface area contributed by atoms with Crippen LogP contribution in [0.2, 0.25) is 0 Å². The van der Waals surface area contributed by atoms with E-state index in [0.717, 1.165) is 0 Å². The summed E-state index contributed by atoms with van der Waals surface area (Å²) in [4.78, 5) is 27.0. The van der Waals surface area contributed by atoms with E-state index in [1.54, 1.807) is 23.6 Å². The van der Waals surface area contributed by atoms with Gasteiger partial charge in [0.05, 0.1) is 10.9 Å². The summed E-state index contributed by atoms with van der Waals surface area (Å²) in [7, 11) is 1.54. The van der Waals surface area contributed by atoms with Crippen LogP contribution < -0.4 is 10.9 Å². The number of rotatable bonds is 1. The van der Waals surface area contributed by atoms with Crippen molar-refractivity contribution in [1.29, 1.82) is 0 Å². The van der Waals surface area contributed by atoms with Gasteiger partial charge in [-0.1, -0.05) is 23.5 Å². The highest BCUT2D eigenvalue weighted by Gasteiger charge is 2.16. The SMILES string of the molecule is CNC(=O)c1sc(=S)n2c1[nH]c(=O)c1ccccc12. The number of para-hydroxylation sites is 1. The molecule has 0 bridgehead atoms. The number of aromatic nitrogens is 2. The predicted octanol–water partition coefficient (Wildman–Crippen LogP) is 1.93. The summed E-state index contributed by atoms with van der Waals surface area (Å²) in [5.41, 5.74) is 0.921. The molecule has 0 unspecified atom stereocenters. The zero-order valence-corrected chi connectivity index (χ0v) is 11.5. The molecule has 2 aromatic heterocycles. The van der Waals surface area contributed by atoms with Gasteiger partial charge in [-0.2, -0.15) is 0 Å². The molecule has 7 heteroatoms. The van der Waals surface area contributed by atoms with Crippen LogP contribution in [0.25, 0.3) is 16.6 Å². The van der Waals surface area contributed by atoms with Gasteiger partial charge in [-0.15, -0.1) is 0 Å². The zero-order valence-electron chi connectivity index (χ0n) is 9.89. The maximum absolute atomic E-state index is 12.0. The van der Waals surface area contributed by atoms with Crippen LogP contribution in [0.5, 0.6) is 0 Å². The lowest BCUT2D eigenvalue weighted by atomic mass is 10.2. The van der Waals surface area contributed by atoms with Gasteiger partial charge < -0.3 is 10.3 Å². The van der Waals surface area contributed by atoms with Gasteiger partial charge in [-0.25, -0.2) is 0 Å². The van der Waals surface area contributed by atoms with Crippen molar-refractivity contribution in [3.05, 3.63) is 43.5 Å². The Morgan fingerprint density at radius 1 is 1.42 bits per heavy atom. The van der Waals surface area contributed by atoms with E-state index in [1.165, 1.54) is 11.3 Å². The number of nitrogens with one attached hydrogen (secondary N) is 2. The molecule has 0 saturated carbocycles. The van der Waals surface area contributed by atoms with E-state index in [0.29, 0.717) is 25.4 Å². The number of aromatic amines is 1. The highest BCUT2D eigenvalue weighted by atomic mass is 32.1. The first kappa shape index (κ1) is 12.1. The standard InChI is InChI=1S/C12H9N3O2S2/c1-13-11(17)8-9-14-10(16)6-4-2-3-5-7(6)15(9)12(18)19-8/h2-5H,1H3,(H,13,17)(H,14,16). The van der Waals surface area contributed by atoms with Gasteiger partial charge in [0.15, 0.2) is 3.95 Å². The van der Waals surface area contributed by atoms with Crippen molar-refractivity contribution in [3.8, 4) is 0 Å². The Balaban J connectivity index is 2.59. The van der Waals surface area contributed by atoms with Crippen molar-refractivity contribution in [3.63, 3.8) is 0 Å². The van der Waals surface area contributed by atoms with Crippen LogP contribution in [0, 0.1) is 3.95 Å². The second-order valence-electron chi connectivity index (χ2n) is 3.93. The fourth-order valence-electron chi connectivity index (χ4n) is 2.01. The molecule has 96 valence electrons. The average molecular weight is 291 g/mol. The molecular formula is C12H9N3O2S2. The van der Waals surface area contributed by atoms with Gasteiger partial charge in [0.1, 0.15) is 10.5 Å².